The minimum absolute atomic E-state index is 0.523. The molecular formula is C18H19N7O3. The summed E-state index contributed by atoms with van der Waals surface area (Å²) in [6.45, 7) is 0. The van der Waals surface area contributed by atoms with Crippen molar-refractivity contribution < 1.29 is 14.2 Å². The molecule has 0 unspecified atom stereocenters. The van der Waals surface area contributed by atoms with Crippen molar-refractivity contribution in [2.45, 2.75) is 0 Å². The maximum absolute atomic E-state index is 5.44. The molecular weight excluding hydrogens is 362 g/mol. The van der Waals surface area contributed by atoms with Gasteiger partial charge in [-0.15, -0.1) is 10.6 Å². The number of nitrogens with zero attached hydrogens (tertiary/aromatic N) is 3. The van der Waals surface area contributed by atoms with Gasteiger partial charge in [0.15, 0.2) is 17.3 Å². The molecule has 1 aliphatic heterocycles. The van der Waals surface area contributed by atoms with Crippen LogP contribution in [0.25, 0.3) is 22.5 Å². The number of aromatic amines is 1. The molecule has 0 atom stereocenters. The molecule has 144 valence electrons. The van der Waals surface area contributed by atoms with Gasteiger partial charge in [0.2, 0.25) is 5.75 Å². The van der Waals surface area contributed by atoms with Gasteiger partial charge in [-0.2, -0.15) is 15.4 Å². The first-order valence-corrected chi connectivity index (χ1v) is 8.40. The van der Waals surface area contributed by atoms with Gasteiger partial charge < -0.3 is 14.2 Å². The number of rotatable bonds is 6. The Morgan fingerprint density at radius 2 is 1.36 bits per heavy atom. The van der Waals surface area contributed by atoms with Crippen LogP contribution in [-0.2, 0) is 0 Å². The Kier molecular flexibility index (Phi) is 4.68. The van der Waals surface area contributed by atoms with E-state index in [1.807, 2.05) is 36.4 Å². The van der Waals surface area contributed by atoms with Crippen LogP contribution in [0.4, 0.5) is 0 Å². The van der Waals surface area contributed by atoms with E-state index in [9.17, 15) is 0 Å². The van der Waals surface area contributed by atoms with Crippen LogP contribution in [0.15, 0.2) is 41.5 Å². The highest BCUT2D eigenvalue weighted by atomic mass is 16.5. The lowest BCUT2D eigenvalue weighted by Gasteiger charge is -2.13. The maximum Gasteiger partial charge on any atom is 0.203 e. The molecule has 1 aromatic heterocycles. The number of methoxy groups -OCH3 is 3. The van der Waals surface area contributed by atoms with Gasteiger partial charge in [-0.3, -0.25) is 5.43 Å². The second-order valence-corrected chi connectivity index (χ2v) is 5.83. The van der Waals surface area contributed by atoms with Crippen LogP contribution in [-0.4, -0.2) is 42.6 Å². The molecule has 10 heteroatoms. The Labute approximate surface area is 160 Å². The average molecular weight is 381 g/mol. The Morgan fingerprint density at radius 1 is 0.750 bits per heavy atom. The highest BCUT2D eigenvalue weighted by Crippen LogP contribution is 2.42. The van der Waals surface area contributed by atoms with E-state index < -0.39 is 0 Å². The fourth-order valence-electron chi connectivity index (χ4n) is 2.97. The number of amidine groups is 1. The monoisotopic (exact) mass is 381 g/mol. The summed E-state index contributed by atoms with van der Waals surface area (Å²) < 4.78 is 16.3. The topological polar surface area (TPSA) is 118 Å². The van der Waals surface area contributed by atoms with Crippen molar-refractivity contribution in [1.82, 2.24) is 31.9 Å². The Balaban J connectivity index is 1.73. The van der Waals surface area contributed by atoms with Gasteiger partial charge >= 0.3 is 0 Å². The summed E-state index contributed by atoms with van der Waals surface area (Å²) in [5, 5.41) is 15.4. The first-order chi connectivity index (χ1) is 13.7. The van der Waals surface area contributed by atoms with E-state index in [2.05, 4.69) is 37.0 Å². The van der Waals surface area contributed by atoms with E-state index in [1.54, 1.807) is 21.3 Å². The second kappa shape index (κ2) is 7.45. The molecule has 0 aliphatic carbocycles. The van der Waals surface area contributed by atoms with Crippen LogP contribution >= 0.6 is 0 Å². The quantitative estimate of drug-likeness (QED) is 0.507. The lowest BCUT2D eigenvalue weighted by atomic mass is 10.0. The first-order valence-electron chi connectivity index (χ1n) is 8.40. The zero-order valence-corrected chi connectivity index (χ0v) is 15.5. The molecule has 3 aromatic rings. The van der Waals surface area contributed by atoms with Crippen molar-refractivity contribution >= 4 is 5.84 Å². The van der Waals surface area contributed by atoms with E-state index in [-0.39, 0.29) is 0 Å². The Bertz CT molecular complexity index is 989. The number of benzene rings is 2. The Hall–Kier alpha value is -3.79. The molecule has 1 aliphatic rings. The van der Waals surface area contributed by atoms with Gasteiger partial charge in [0.25, 0.3) is 0 Å². The molecule has 2 aromatic carbocycles. The molecule has 0 fully saturated rings. The SMILES string of the molecule is COc1cc(-c2n[nH]nc2-c2ccc(C3=NNNN3)cc2)cc(OC)c1OC. The number of nitrogens with one attached hydrogen (secondary N) is 4. The third-order valence-electron chi connectivity index (χ3n) is 4.32. The second-order valence-electron chi connectivity index (χ2n) is 5.83. The van der Waals surface area contributed by atoms with Gasteiger partial charge in [-0.25, -0.2) is 5.53 Å². The van der Waals surface area contributed by atoms with Crippen molar-refractivity contribution in [3.05, 3.63) is 42.0 Å². The summed E-state index contributed by atoms with van der Waals surface area (Å²) in [4.78, 5) is 0. The Morgan fingerprint density at radius 3 is 1.89 bits per heavy atom. The number of hydrogen-bond acceptors (Lipinski definition) is 9. The molecule has 0 amide bonds. The van der Waals surface area contributed by atoms with Crippen molar-refractivity contribution in [2.75, 3.05) is 21.3 Å². The summed E-state index contributed by atoms with van der Waals surface area (Å²) >= 11 is 0. The molecule has 4 N–H and O–H groups in total. The average Bonchev–Trinajstić information content (AvgIpc) is 3.45. The fourth-order valence-corrected chi connectivity index (χ4v) is 2.97. The minimum atomic E-state index is 0.523. The molecule has 4 rings (SSSR count). The van der Waals surface area contributed by atoms with Gasteiger partial charge in [0.05, 0.1) is 21.3 Å². The third-order valence-corrected chi connectivity index (χ3v) is 4.32. The number of ether oxygens (including phenoxy) is 3. The molecule has 0 spiro atoms. The van der Waals surface area contributed by atoms with Crippen LogP contribution in [0, 0.1) is 0 Å². The fraction of sp³-hybridized carbons (Fsp3) is 0.167. The van der Waals surface area contributed by atoms with E-state index in [1.165, 1.54) is 0 Å². The standard InChI is InChI=1S/C18H19N7O3/c1-26-13-8-12(9-14(27-2)17(13)28-3)16-15(19-23-20-16)10-4-6-11(7-5-10)18-21-24-25-22-18/h4-9,24-25H,1-3H3,(H,21,22)(H,19,20,23). The zero-order chi connectivity index (χ0) is 19.5. The minimum Gasteiger partial charge on any atom is -0.493 e. The van der Waals surface area contributed by atoms with Gasteiger partial charge in [0, 0.05) is 16.7 Å². The summed E-state index contributed by atoms with van der Waals surface area (Å²) in [6, 6.07) is 11.5. The normalized spacial score (nSPS) is 12.8. The highest BCUT2D eigenvalue weighted by molar-refractivity contribution is 5.99. The van der Waals surface area contributed by atoms with Crippen molar-refractivity contribution in [3.63, 3.8) is 0 Å². The van der Waals surface area contributed by atoms with Gasteiger partial charge in [-0.05, 0) is 12.1 Å². The van der Waals surface area contributed by atoms with Crippen LogP contribution in [0.1, 0.15) is 5.56 Å². The maximum atomic E-state index is 5.44. The number of H-pyrrole nitrogens is 1. The number of aromatic nitrogens is 3. The molecule has 0 saturated heterocycles. The largest absolute Gasteiger partial charge is 0.493 e. The smallest absolute Gasteiger partial charge is 0.203 e. The van der Waals surface area contributed by atoms with Crippen LogP contribution in [0.3, 0.4) is 0 Å². The van der Waals surface area contributed by atoms with Gasteiger partial charge in [-0.1, -0.05) is 24.3 Å². The summed E-state index contributed by atoms with van der Waals surface area (Å²) in [6.07, 6.45) is 0. The lowest BCUT2D eigenvalue weighted by Crippen LogP contribution is -2.35. The van der Waals surface area contributed by atoms with Crippen molar-refractivity contribution in [2.24, 2.45) is 5.10 Å². The lowest BCUT2D eigenvalue weighted by molar-refractivity contribution is 0.324. The summed E-state index contributed by atoms with van der Waals surface area (Å²) in [5.74, 6) is 2.32. The first kappa shape index (κ1) is 17.6. The molecule has 2 heterocycles. The van der Waals surface area contributed by atoms with E-state index in [0.29, 0.717) is 34.5 Å². The van der Waals surface area contributed by atoms with Crippen LogP contribution < -0.4 is 30.7 Å². The molecule has 0 radical (unpaired) electrons. The van der Waals surface area contributed by atoms with Crippen LogP contribution in [0.5, 0.6) is 17.2 Å². The van der Waals surface area contributed by atoms with Crippen molar-refractivity contribution in [1.29, 1.82) is 0 Å². The molecule has 0 saturated carbocycles. The summed E-state index contributed by atoms with van der Waals surface area (Å²) in [7, 11) is 4.72. The third kappa shape index (κ3) is 3.05. The van der Waals surface area contributed by atoms with E-state index in [4.69, 9.17) is 14.2 Å². The predicted octanol–water partition coefficient (Wildman–Crippen LogP) is 1.44. The van der Waals surface area contributed by atoms with Crippen LogP contribution in [0.2, 0.25) is 0 Å². The van der Waals surface area contributed by atoms with E-state index in [0.717, 1.165) is 16.7 Å². The zero-order valence-electron chi connectivity index (χ0n) is 15.5. The van der Waals surface area contributed by atoms with Gasteiger partial charge in [0.1, 0.15) is 11.4 Å². The number of hydrogen-bond donors (Lipinski definition) is 4. The molecule has 28 heavy (non-hydrogen) atoms. The molecule has 0 bridgehead atoms. The number of hydrazine groups is 2. The summed E-state index contributed by atoms with van der Waals surface area (Å²) in [5.41, 5.74) is 12.3. The van der Waals surface area contributed by atoms with Crippen molar-refractivity contribution in [3.8, 4) is 39.8 Å². The predicted molar refractivity (Wildman–Crippen MR) is 103 cm³/mol. The van der Waals surface area contributed by atoms with E-state index >= 15 is 0 Å². The molecule has 10 nitrogen and oxygen atoms in total. The highest BCUT2D eigenvalue weighted by Gasteiger charge is 2.19. The number of hydrazone groups is 1.